The first-order valence-electron chi connectivity index (χ1n) is 6.12. The highest BCUT2D eigenvalue weighted by Gasteiger charge is 2.24. The fourth-order valence-electron chi connectivity index (χ4n) is 1.94. The lowest BCUT2D eigenvalue weighted by Gasteiger charge is -2.08. The molecule has 0 aromatic heterocycles. The smallest absolute Gasteiger partial charge is 0.188 e. The Morgan fingerprint density at radius 1 is 0.905 bits per heavy atom. The first-order valence-corrected chi connectivity index (χ1v) is 8.53. The summed E-state index contributed by atoms with van der Waals surface area (Å²) in [6, 6.07) is 13.4. The molecular weight excluding hydrogens is 331 g/mol. The molecule has 0 aliphatic rings. The van der Waals surface area contributed by atoms with Crippen molar-refractivity contribution in [2.45, 2.75) is 11.3 Å². The summed E-state index contributed by atoms with van der Waals surface area (Å²) in [5.41, 5.74) is 0.767. The molecule has 6 heteroatoms. The van der Waals surface area contributed by atoms with E-state index >= 15 is 0 Å². The minimum absolute atomic E-state index is 0.0232. The standard InChI is InChI=1S/C15H12Cl2O3S/c16-13-7-4-8-14(17)15(13)21(19,20)10-12(18)9-11-5-2-1-3-6-11/h1-8H,9-10H2. The van der Waals surface area contributed by atoms with E-state index in [9.17, 15) is 13.2 Å². The number of hydrogen-bond acceptors (Lipinski definition) is 3. The molecule has 0 saturated heterocycles. The Balaban J connectivity index is 2.20. The summed E-state index contributed by atoms with van der Waals surface area (Å²) >= 11 is 11.8. The molecule has 0 aliphatic carbocycles. The van der Waals surface area contributed by atoms with Gasteiger partial charge in [-0.2, -0.15) is 0 Å². The Bertz CT molecular complexity index is 735. The van der Waals surface area contributed by atoms with Gasteiger partial charge in [0, 0.05) is 6.42 Å². The van der Waals surface area contributed by atoms with E-state index in [4.69, 9.17) is 23.2 Å². The van der Waals surface area contributed by atoms with Crippen LogP contribution < -0.4 is 0 Å². The van der Waals surface area contributed by atoms with Gasteiger partial charge >= 0.3 is 0 Å². The van der Waals surface area contributed by atoms with Crippen LogP contribution in [-0.2, 0) is 21.1 Å². The third-order valence-corrected chi connectivity index (χ3v) is 5.44. The van der Waals surface area contributed by atoms with E-state index in [1.165, 1.54) is 12.1 Å². The molecule has 0 unspecified atom stereocenters. The zero-order valence-corrected chi connectivity index (χ0v) is 13.3. The average molecular weight is 343 g/mol. The zero-order chi connectivity index (χ0) is 15.5. The van der Waals surface area contributed by atoms with Crippen LogP contribution in [0.3, 0.4) is 0 Å². The minimum Gasteiger partial charge on any atom is -0.298 e. The van der Waals surface area contributed by atoms with Crippen molar-refractivity contribution in [3.8, 4) is 0 Å². The summed E-state index contributed by atoms with van der Waals surface area (Å²) in [6.45, 7) is 0. The van der Waals surface area contributed by atoms with Gasteiger partial charge in [-0.3, -0.25) is 4.79 Å². The fourth-order valence-corrected chi connectivity index (χ4v) is 4.44. The van der Waals surface area contributed by atoms with Crippen LogP contribution in [0.1, 0.15) is 5.56 Å². The molecule has 0 heterocycles. The van der Waals surface area contributed by atoms with Gasteiger partial charge in [-0.15, -0.1) is 0 Å². The van der Waals surface area contributed by atoms with Gasteiger partial charge in [-0.05, 0) is 17.7 Å². The largest absolute Gasteiger partial charge is 0.298 e. The molecule has 0 N–H and O–H groups in total. The number of halogens is 2. The van der Waals surface area contributed by atoms with E-state index in [-0.39, 0.29) is 21.4 Å². The first-order chi connectivity index (χ1) is 9.90. The highest BCUT2D eigenvalue weighted by molar-refractivity contribution is 7.92. The molecule has 0 bridgehead atoms. The van der Waals surface area contributed by atoms with Gasteiger partial charge in [0.1, 0.15) is 10.6 Å². The van der Waals surface area contributed by atoms with Gasteiger partial charge in [0.05, 0.1) is 10.0 Å². The molecule has 0 amide bonds. The van der Waals surface area contributed by atoms with Crippen molar-refractivity contribution >= 4 is 38.8 Å². The quantitative estimate of drug-likeness (QED) is 0.834. The van der Waals surface area contributed by atoms with Crippen molar-refractivity contribution in [3.05, 3.63) is 64.1 Å². The SMILES string of the molecule is O=C(Cc1ccccc1)CS(=O)(=O)c1c(Cl)cccc1Cl. The second-order valence-corrected chi connectivity index (χ2v) is 7.25. The van der Waals surface area contributed by atoms with Crippen LogP contribution in [0.15, 0.2) is 53.4 Å². The predicted molar refractivity (Wildman–Crippen MR) is 83.7 cm³/mol. The van der Waals surface area contributed by atoms with Crippen molar-refractivity contribution in [2.24, 2.45) is 0 Å². The second kappa shape index (κ2) is 6.60. The molecule has 0 spiro atoms. The van der Waals surface area contributed by atoms with Crippen LogP contribution >= 0.6 is 23.2 Å². The third-order valence-electron chi connectivity index (χ3n) is 2.83. The molecule has 0 atom stereocenters. The maximum atomic E-state index is 12.3. The number of Topliss-reactive ketones (excluding diaryl/α,β-unsaturated/α-hetero) is 1. The summed E-state index contributed by atoms with van der Waals surface area (Å²) in [7, 11) is -3.85. The highest BCUT2D eigenvalue weighted by atomic mass is 35.5. The number of benzene rings is 2. The molecular formula is C15H12Cl2O3S. The van der Waals surface area contributed by atoms with Crippen molar-refractivity contribution in [3.63, 3.8) is 0 Å². The summed E-state index contributed by atoms with van der Waals surface area (Å²) < 4.78 is 24.6. The van der Waals surface area contributed by atoms with Gasteiger partial charge < -0.3 is 0 Å². The van der Waals surface area contributed by atoms with Gasteiger partial charge in [0.15, 0.2) is 15.6 Å². The van der Waals surface area contributed by atoms with Crippen molar-refractivity contribution in [2.75, 3.05) is 5.75 Å². The fraction of sp³-hybridized carbons (Fsp3) is 0.133. The van der Waals surface area contributed by atoms with Crippen LogP contribution in [0.2, 0.25) is 10.0 Å². The van der Waals surface area contributed by atoms with Gasteiger partial charge in [-0.25, -0.2) is 8.42 Å². The Labute approximate surface area is 133 Å². The normalized spacial score (nSPS) is 11.3. The van der Waals surface area contributed by atoms with Gasteiger partial charge in [0.2, 0.25) is 0 Å². The number of rotatable bonds is 5. The highest BCUT2D eigenvalue weighted by Crippen LogP contribution is 2.29. The van der Waals surface area contributed by atoms with E-state index < -0.39 is 21.4 Å². The zero-order valence-electron chi connectivity index (χ0n) is 10.9. The summed E-state index contributed by atoms with van der Waals surface area (Å²) in [6.07, 6.45) is 0.0577. The van der Waals surface area contributed by atoms with E-state index in [0.717, 1.165) is 5.56 Å². The summed E-state index contributed by atoms with van der Waals surface area (Å²) in [5.74, 6) is -1.03. The van der Waals surface area contributed by atoms with Crippen LogP contribution in [0.4, 0.5) is 0 Å². The Morgan fingerprint density at radius 3 is 2.05 bits per heavy atom. The van der Waals surface area contributed by atoms with E-state index in [1.54, 1.807) is 30.3 Å². The molecule has 0 aliphatic heterocycles. The molecule has 2 aromatic rings. The molecule has 0 fully saturated rings. The van der Waals surface area contributed by atoms with Gasteiger partial charge in [0.25, 0.3) is 0 Å². The average Bonchev–Trinajstić information content (AvgIpc) is 2.38. The number of sulfone groups is 1. The van der Waals surface area contributed by atoms with Crippen molar-refractivity contribution < 1.29 is 13.2 Å². The minimum atomic E-state index is -3.85. The lowest BCUT2D eigenvalue weighted by molar-refractivity contribution is -0.116. The third kappa shape index (κ3) is 4.06. The van der Waals surface area contributed by atoms with Crippen molar-refractivity contribution in [1.82, 2.24) is 0 Å². The van der Waals surface area contributed by atoms with Gasteiger partial charge in [-0.1, -0.05) is 59.6 Å². The Kier molecular flexibility index (Phi) is 5.04. The topological polar surface area (TPSA) is 51.2 Å². The molecule has 0 radical (unpaired) electrons. The summed E-state index contributed by atoms with van der Waals surface area (Å²) in [5, 5.41) is 0.0463. The van der Waals surface area contributed by atoms with Crippen LogP contribution in [0.5, 0.6) is 0 Å². The lowest BCUT2D eigenvalue weighted by atomic mass is 10.1. The summed E-state index contributed by atoms with van der Waals surface area (Å²) in [4.78, 5) is 11.8. The molecule has 21 heavy (non-hydrogen) atoms. The Hall–Kier alpha value is -1.36. The number of hydrogen-bond donors (Lipinski definition) is 0. The molecule has 0 saturated carbocycles. The first kappa shape index (κ1) is 16.0. The number of carbonyl (C=O) groups excluding carboxylic acids is 1. The maximum absolute atomic E-state index is 12.3. The molecule has 2 rings (SSSR count). The maximum Gasteiger partial charge on any atom is 0.188 e. The van der Waals surface area contributed by atoms with Crippen LogP contribution in [0.25, 0.3) is 0 Å². The van der Waals surface area contributed by atoms with E-state index in [2.05, 4.69) is 0 Å². The monoisotopic (exact) mass is 342 g/mol. The molecule has 110 valence electrons. The number of ketones is 1. The molecule has 2 aromatic carbocycles. The second-order valence-electron chi connectivity index (χ2n) is 4.51. The predicted octanol–water partition coefficient (Wildman–Crippen LogP) is 3.58. The molecule has 3 nitrogen and oxygen atoms in total. The van der Waals surface area contributed by atoms with Crippen molar-refractivity contribution in [1.29, 1.82) is 0 Å². The Morgan fingerprint density at radius 2 is 1.48 bits per heavy atom. The lowest BCUT2D eigenvalue weighted by Crippen LogP contribution is -2.18. The number of carbonyl (C=O) groups is 1. The van der Waals surface area contributed by atoms with Crippen LogP contribution in [0, 0.1) is 0 Å². The van der Waals surface area contributed by atoms with Crippen LogP contribution in [-0.4, -0.2) is 20.0 Å². The van der Waals surface area contributed by atoms with E-state index in [1.807, 2.05) is 6.07 Å². The van der Waals surface area contributed by atoms with E-state index in [0.29, 0.717) is 0 Å².